The molecule has 0 aliphatic carbocycles. The van der Waals surface area contributed by atoms with Gasteiger partial charge in [0, 0.05) is 30.7 Å². The van der Waals surface area contributed by atoms with E-state index in [1.807, 2.05) is 13.8 Å². The fourth-order valence-corrected chi connectivity index (χ4v) is 5.83. The molecular formula is C32H29N3O9S. The van der Waals surface area contributed by atoms with Crippen LogP contribution < -0.4 is 24.4 Å². The van der Waals surface area contributed by atoms with Crippen LogP contribution in [0.4, 0.5) is 5.69 Å². The smallest absolute Gasteiger partial charge is 0.338 e. The average Bonchev–Trinajstić information content (AvgIpc) is 3.59. The summed E-state index contributed by atoms with van der Waals surface area (Å²) < 4.78 is 23.9. The predicted molar refractivity (Wildman–Crippen MR) is 165 cm³/mol. The van der Waals surface area contributed by atoms with E-state index < -0.39 is 28.5 Å². The number of hydrogen-bond donors (Lipinski definition) is 0. The van der Waals surface area contributed by atoms with Crippen LogP contribution in [-0.2, 0) is 14.3 Å². The molecular weight excluding hydrogens is 602 g/mol. The van der Waals surface area contributed by atoms with Gasteiger partial charge in [-0.1, -0.05) is 43.4 Å². The Kier molecular flexibility index (Phi) is 8.82. The summed E-state index contributed by atoms with van der Waals surface area (Å²) in [4.78, 5) is 54.8. The van der Waals surface area contributed by atoms with Crippen molar-refractivity contribution in [3.05, 3.63) is 107 Å². The Morgan fingerprint density at radius 2 is 1.93 bits per heavy atom. The third kappa shape index (κ3) is 6.48. The number of thiazole rings is 1. The topological polar surface area (TPSA) is 152 Å². The van der Waals surface area contributed by atoms with Crippen LogP contribution >= 0.6 is 11.3 Å². The third-order valence-corrected chi connectivity index (χ3v) is 7.77. The zero-order chi connectivity index (χ0) is 32.4. The van der Waals surface area contributed by atoms with Gasteiger partial charge >= 0.3 is 11.9 Å². The molecule has 5 rings (SSSR count). The molecule has 0 bridgehead atoms. The van der Waals surface area contributed by atoms with Crippen molar-refractivity contribution in [1.29, 1.82) is 0 Å². The number of esters is 2. The molecule has 0 spiro atoms. The van der Waals surface area contributed by atoms with Gasteiger partial charge in [-0.25, -0.2) is 9.79 Å². The van der Waals surface area contributed by atoms with Gasteiger partial charge in [-0.15, -0.1) is 0 Å². The number of allylic oxidation sites excluding steroid dienone is 1. The minimum Gasteiger partial charge on any atom is -0.493 e. The Labute approximate surface area is 260 Å². The third-order valence-electron chi connectivity index (χ3n) is 6.79. The normalized spacial score (nSPS) is 14.6. The Bertz CT molecular complexity index is 2030. The van der Waals surface area contributed by atoms with E-state index in [9.17, 15) is 24.5 Å². The van der Waals surface area contributed by atoms with Crippen molar-refractivity contribution in [2.24, 2.45) is 10.9 Å². The van der Waals surface area contributed by atoms with E-state index in [2.05, 4.69) is 4.99 Å². The van der Waals surface area contributed by atoms with Crippen molar-refractivity contribution in [3.63, 3.8) is 0 Å². The largest absolute Gasteiger partial charge is 0.493 e. The lowest BCUT2D eigenvalue weighted by atomic mass is 9.95. The number of methoxy groups -OCH3 is 1. The van der Waals surface area contributed by atoms with Crippen molar-refractivity contribution in [2.75, 3.05) is 13.7 Å². The number of hydrogen-bond acceptors (Lipinski definition) is 11. The Morgan fingerprint density at radius 3 is 2.62 bits per heavy atom. The van der Waals surface area contributed by atoms with Gasteiger partial charge in [-0.05, 0) is 42.7 Å². The quantitative estimate of drug-likeness (QED) is 0.112. The van der Waals surface area contributed by atoms with Crippen LogP contribution in [0.3, 0.4) is 0 Å². The highest BCUT2D eigenvalue weighted by molar-refractivity contribution is 7.07. The second-order valence-electron chi connectivity index (χ2n) is 10.6. The van der Waals surface area contributed by atoms with E-state index in [1.165, 1.54) is 36.8 Å². The zero-order valence-corrected chi connectivity index (χ0v) is 25.9. The van der Waals surface area contributed by atoms with E-state index in [1.54, 1.807) is 49.4 Å². The Morgan fingerprint density at radius 1 is 1.16 bits per heavy atom. The molecule has 3 heterocycles. The molecule has 0 unspecified atom stereocenters. The van der Waals surface area contributed by atoms with Gasteiger partial charge in [0.05, 0.1) is 40.5 Å². The van der Waals surface area contributed by atoms with Crippen LogP contribution in [0.15, 0.2) is 80.1 Å². The highest BCUT2D eigenvalue weighted by Crippen LogP contribution is 2.36. The number of non-ortho nitro benzene ring substituents is 1. The molecule has 0 saturated heterocycles. The summed E-state index contributed by atoms with van der Waals surface area (Å²) in [5, 5.41) is 11.2. The second kappa shape index (κ2) is 12.7. The van der Waals surface area contributed by atoms with Gasteiger partial charge in [0.15, 0.2) is 16.3 Å². The lowest BCUT2D eigenvalue weighted by Crippen LogP contribution is -2.40. The molecule has 4 aromatic rings. The monoisotopic (exact) mass is 631 g/mol. The molecule has 12 nitrogen and oxygen atoms in total. The summed E-state index contributed by atoms with van der Waals surface area (Å²) in [5.74, 6) is 0.0911. The molecule has 1 atom stereocenters. The fraction of sp³-hybridized carbons (Fsp3) is 0.250. The predicted octanol–water partition coefficient (Wildman–Crippen LogP) is 4.54. The van der Waals surface area contributed by atoms with E-state index in [-0.39, 0.29) is 39.8 Å². The first kappa shape index (κ1) is 31.1. The maximum Gasteiger partial charge on any atom is 0.338 e. The fourth-order valence-electron chi connectivity index (χ4n) is 4.80. The van der Waals surface area contributed by atoms with Gasteiger partial charge < -0.3 is 18.6 Å². The molecule has 0 radical (unpaired) electrons. The number of nitro groups is 1. The number of rotatable bonds is 9. The Balaban J connectivity index is 1.63. The summed E-state index contributed by atoms with van der Waals surface area (Å²) in [5.41, 5.74) is 1.08. The maximum atomic E-state index is 14.0. The first-order chi connectivity index (χ1) is 21.5. The van der Waals surface area contributed by atoms with Crippen molar-refractivity contribution in [1.82, 2.24) is 4.57 Å². The van der Waals surface area contributed by atoms with Crippen molar-refractivity contribution in [2.45, 2.75) is 33.7 Å². The van der Waals surface area contributed by atoms with Gasteiger partial charge in [0.25, 0.3) is 11.2 Å². The van der Waals surface area contributed by atoms with Gasteiger partial charge in [0.1, 0.15) is 11.5 Å². The van der Waals surface area contributed by atoms with E-state index >= 15 is 0 Å². The number of furan rings is 1. The number of ether oxygens (including phenoxy) is 3. The van der Waals surface area contributed by atoms with E-state index in [4.69, 9.17) is 18.6 Å². The highest BCUT2D eigenvalue weighted by Gasteiger charge is 2.34. The first-order valence-electron chi connectivity index (χ1n) is 13.9. The molecule has 0 fully saturated rings. The number of carbonyl (C=O) groups is 2. The Hall–Kier alpha value is -5.30. The van der Waals surface area contributed by atoms with Gasteiger partial charge in [-0.3, -0.25) is 24.3 Å². The van der Waals surface area contributed by atoms with Crippen LogP contribution in [0.1, 0.15) is 45.1 Å². The number of benzene rings is 2. The summed E-state index contributed by atoms with van der Waals surface area (Å²) in [6, 6.07) is 13.2. The molecule has 45 heavy (non-hydrogen) atoms. The van der Waals surface area contributed by atoms with Crippen molar-refractivity contribution >= 4 is 35.0 Å². The number of aromatic nitrogens is 1. The zero-order valence-electron chi connectivity index (χ0n) is 25.1. The SMILES string of the molecule is COc1cc([C@@H]2C(C(=O)OCC(C)C)=C(C)N=c3s/c(=C/c4ccc(-c5cccc([N+](=O)[O-])c5)o4)c(=O)n32)ccc1OC(C)=O. The minimum atomic E-state index is -0.930. The minimum absolute atomic E-state index is 0.0747. The molecule has 2 aromatic heterocycles. The molecule has 232 valence electrons. The second-order valence-corrected chi connectivity index (χ2v) is 11.6. The summed E-state index contributed by atoms with van der Waals surface area (Å²) in [6.07, 6.45) is 1.56. The summed E-state index contributed by atoms with van der Waals surface area (Å²) >= 11 is 1.12. The number of nitro benzene ring substituents is 1. The lowest BCUT2D eigenvalue weighted by Gasteiger charge is -2.25. The molecule has 2 aromatic carbocycles. The van der Waals surface area contributed by atoms with E-state index in [0.717, 1.165) is 11.3 Å². The first-order valence-corrected chi connectivity index (χ1v) is 14.7. The molecule has 0 amide bonds. The average molecular weight is 632 g/mol. The van der Waals surface area contributed by atoms with Crippen LogP contribution in [0.25, 0.3) is 17.4 Å². The van der Waals surface area contributed by atoms with Crippen molar-refractivity contribution in [3.8, 4) is 22.8 Å². The summed E-state index contributed by atoms with van der Waals surface area (Å²) in [6.45, 7) is 6.95. The number of nitrogens with zero attached hydrogens (tertiary/aromatic N) is 3. The van der Waals surface area contributed by atoms with Crippen LogP contribution in [-0.4, -0.2) is 35.1 Å². The van der Waals surface area contributed by atoms with Gasteiger partial charge in [-0.2, -0.15) is 0 Å². The standard InChI is InChI=1S/C32H29N3O9S/c1-17(2)16-42-31(38)28-18(3)33-32-34(29(28)21-9-11-25(43-19(4)36)26(14-21)41-5)30(37)27(45-32)15-23-10-12-24(44-23)20-7-6-8-22(13-20)35(39)40/h6-15,17,29H,16H2,1-5H3/b27-15+/t29-/m1/s1. The number of carbonyl (C=O) groups excluding carboxylic acids is 2. The molecule has 1 aliphatic heterocycles. The molecule has 13 heteroatoms. The van der Waals surface area contributed by atoms with Gasteiger partial charge in [0.2, 0.25) is 0 Å². The van der Waals surface area contributed by atoms with E-state index in [0.29, 0.717) is 33.1 Å². The summed E-state index contributed by atoms with van der Waals surface area (Å²) in [7, 11) is 1.42. The number of fused-ring (bicyclic) bond motifs is 1. The molecule has 1 aliphatic rings. The molecule has 0 saturated carbocycles. The van der Waals surface area contributed by atoms with Crippen LogP contribution in [0.5, 0.6) is 11.5 Å². The van der Waals surface area contributed by atoms with Crippen LogP contribution in [0, 0.1) is 16.0 Å². The molecule has 0 N–H and O–H groups in total. The van der Waals surface area contributed by atoms with Crippen LogP contribution in [0.2, 0.25) is 0 Å². The van der Waals surface area contributed by atoms with Crippen molar-refractivity contribution < 1.29 is 33.1 Å². The highest BCUT2D eigenvalue weighted by atomic mass is 32.1. The lowest BCUT2D eigenvalue weighted by molar-refractivity contribution is -0.384. The maximum absolute atomic E-state index is 14.0.